The van der Waals surface area contributed by atoms with Crippen molar-refractivity contribution < 1.29 is 4.79 Å². The summed E-state index contributed by atoms with van der Waals surface area (Å²) in [6.45, 7) is 0. The molecule has 1 heterocycles. The van der Waals surface area contributed by atoms with E-state index in [9.17, 15) is 4.79 Å². The van der Waals surface area contributed by atoms with Gasteiger partial charge in [0.25, 0.3) is 0 Å². The zero-order valence-corrected chi connectivity index (χ0v) is 13.2. The fourth-order valence-electron chi connectivity index (χ4n) is 4.38. The van der Waals surface area contributed by atoms with Gasteiger partial charge in [-0.05, 0) is 49.1 Å². The number of Topliss-reactive ketones (excluding diaryl/α,β-unsaturated/α-hetero) is 1. The van der Waals surface area contributed by atoms with Crippen LogP contribution in [0.25, 0.3) is 10.9 Å². The summed E-state index contributed by atoms with van der Waals surface area (Å²) in [7, 11) is 0. The highest BCUT2D eigenvalue weighted by Crippen LogP contribution is 2.50. The van der Waals surface area contributed by atoms with Gasteiger partial charge in [0.15, 0.2) is 5.78 Å². The molecule has 2 saturated carbocycles. The lowest BCUT2D eigenvalue weighted by molar-refractivity contribution is 0.0946. The largest absolute Gasteiger partial charge is 0.360 e. The number of carbonyl (C=O) groups is 1. The first-order valence-electron chi connectivity index (χ1n) is 7.61. The van der Waals surface area contributed by atoms with Gasteiger partial charge < -0.3 is 4.98 Å². The van der Waals surface area contributed by atoms with Gasteiger partial charge in [0, 0.05) is 34.1 Å². The maximum absolute atomic E-state index is 12.7. The summed E-state index contributed by atoms with van der Waals surface area (Å²) in [6, 6.07) is 3.52. The Morgan fingerprint density at radius 1 is 1.24 bits per heavy atom. The van der Waals surface area contributed by atoms with Crippen molar-refractivity contribution in [3.05, 3.63) is 33.9 Å². The smallest absolute Gasteiger partial charge is 0.165 e. The highest BCUT2D eigenvalue weighted by atomic mass is 35.5. The topological polar surface area (TPSA) is 32.9 Å². The second kappa shape index (κ2) is 5.03. The Morgan fingerprint density at radius 2 is 2.10 bits per heavy atom. The van der Waals surface area contributed by atoms with Crippen LogP contribution >= 0.6 is 23.2 Å². The average molecular weight is 322 g/mol. The molecule has 1 N–H and O–H groups in total. The maximum Gasteiger partial charge on any atom is 0.165 e. The molecule has 3 atom stereocenters. The molecule has 1 aromatic carbocycles. The first kappa shape index (κ1) is 13.7. The molecule has 0 saturated heterocycles. The van der Waals surface area contributed by atoms with E-state index in [0.29, 0.717) is 22.4 Å². The first-order chi connectivity index (χ1) is 10.1. The average Bonchev–Trinajstić information content (AvgIpc) is 3.11. The maximum atomic E-state index is 12.7. The molecular weight excluding hydrogens is 305 g/mol. The minimum atomic E-state index is 0.211. The van der Waals surface area contributed by atoms with Crippen molar-refractivity contribution in [2.24, 2.45) is 17.8 Å². The Kier molecular flexibility index (Phi) is 3.27. The number of benzene rings is 1. The van der Waals surface area contributed by atoms with Crippen LogP contribution in [0, 0.1) is 17.8 Å². The van der Waals surface area contributed by atoms with Gasteiger partial charge >= 0.3 is 0 Å². The summed E-state index contributed by atoms with van der Waals surface area (Å²) in [4.78, 5) is 15.8. The molecule has 1 aromatic heterocycles. The number of rotatable bonds is 3. The van der Waals surface area contributed by atoms with Crippen molar-refractivity contribution in [2.75, 3.05) is 0 Å². The quantitative estimate of drug-likeness (QED) is 0.745. The monoisotopic (exact) mass is 321 g/mol. The SMILES string of the molecule is O=C(CC1CC2CCC1C2)c1c[nH]c2cc(Cl)cc(Cl)c12. The van der Waals surface area contributed by atoms with Crippen molar-refractivity contribution in [3.63, 3.8) is 0 Å². The van der Waals surface area contributed by atoms with E-state index in [1.165, 1.54) is 25.7 Å². The second-order valence-electron chi connectivity index (χ2n) is 6.57. The molecule has 0 amide bonds. The van der Waals surface area contributed by atoms with Crippen molar-refractivity contribution in [3.8, 4) is 0 Å². The molecule has 4 rings (SSSR count). The molecule has 2 bridgehead atoms. The summed E-state index contributed by atoms with van der Waals surface area (Å²) >= 11 is 12.3. The van der Waals surface area contributed by atoms with Crippen LogP contribution in [0.4, 0.5) is 0 Å². The lowest BCUT2D eigenvalue weighted by atomic mass is 9.84. The molecule has 2 aliphatic carbocycles. The normalized spacial score (nSPS) is 27.6. The summed E-state index contributed by atoms with van der Waals surface area (Å²) in [5.74, 6) is 2.43. The number of fused-ring (bicyclic) bond motifs is 3. The lowest BCUT2D eigenvalue weighted by Gasteiger charge is -2.20. The molecule has 2 aliphatic rings. The third-order valence-electron chi connectivity index (χ3n) is 5.33. The minimum Gasteiger partial charge on any atom is -0.360 e. The molecular formula is C17H17Cl2NO. The molecule has 2 fully saturated rings. The van der Waals surface area contributed by atoms with Gasteiger partial charge in [0.1, 0.15) is 0 Å². The van der Waals surface area contributed by atoms with Crippen LogP contribution in [0.1, 0.15) is 42.5 Å². The summed E-state index contributed by atoms with van der Waals surface area (Å²) in [5, 5.41) is 1.95. The number of nitrogens with one attached hydrogen (secondary N) is 1. The zero-order chi connectivity index (χ0) is 14.6. The second-order valence-corrected chi connectivity index (χ2v) is 7.42. The van der Waals surface area contributed by atoms with E-state index < -0.39 is 0 Å². The molecule has 21 heavy (non-hydrogen) atoms. The molecule has 3 unspecified atom stereocenters. The molecule has 0 aliphatic heterocycles. The van der Waals surface area contributed by atoms with E-state index in [-0.39, 0.29) is 5.78 Å². The van der Waals surface area contributed by atoms with Gasteiger partial charge in [-0.3, -0.25) is 4.79 Å². The predicted molar refractivity (Wildman–Crippen MR) is 86.2 cm³/mol. The fraction of sp³-hybridized carbons (Fsp3) is 0.471. The number of hydrogen-bond acceptors (Lipinski definition) is 1. The van der Waals surface area contributed by atoms with Gasteiger partial charge in [-0.1, -0.05) is 29.6 Å². The van der Waals surface area contributed by atoms with Gasteiger partial charge in [-0.25, -0.2) is 0 Å². The zero-order valence-electron chi connectivity index (χ0n) is 11.7. The van der Waals surface area contributed by atoms with Crippen molar-refractivity contribution in [2.45, 2.75) is 32.1 Å². The van der Waals surface area contributed by atoms with Gasteiger partial charge in [-0.2, -0.15) is 0 Å². The molecule has 2 nitrogen and oxygen atoms in total. The Bertz CT molecular complexity index is 721. The van der Waals surface area contributed by atoms with E-state index in [0.717, 1.165) is 28.3 Å². The van der Waals surface area contributed by atoms with Crippen LogP contribution in [0.15, 0.2) is 18.3 Å². The number of carbonyl (C=O) groups excluding carboxylic acids is 1. The van der Waals surface area contributed by atoms with E-state index in [1.807, 2.05) is 6.07 Å². The number of halogens is 2. The van der Waals surface area contributed by atoms with E-state index >= 15 is 0 Å². The first-order valence-corrected chi connectivity index (χ1v) is 8.36. The predicted octanol–water partition coefficient (Wildman–Crippen LogP) is 5.48. The Balaban J connectivity index is 1.62. The summed E-state index contributed by atoms with van der Waals surface area (Å²) < 4.78 is 0. The molecule has 0 spiro atoms. The van der Waals surface area contributed by atoms with Crippen LogP contribution in [0.2, 0.25) is 10.0 Å². The highest BCUT2D eigenvalue weighted by molar-refractivity contribution is 6.39. The van der Waals surface area contributed by atoms with Crippen LogP contribution in [0.5, 0.6) is 0 Å². The number of hydrogen-bond donors (Lipinski definition) is 1. The van der Waals surface area contributed by atoms with Gasteiger partial charge in [-0.15, -0.1) is 0 Å². The Labute approximate surface area is 133 Å². The van der Waals surface area contributed by atoms with Gasteiger partial charge in [0.2, 0.25) is 0 Å². The van der Waals surface area contributed by atoms with Gasteiger partial charge in [0.05, 0.1) is 5.02 Å². The van der Waals surface area contributed by atoms with Crippen LogP contribution in [0.3, 0.4) is 0 Å². The van der Waals surface area contributed by atoms with Crippen LogP contribution in [-0.4, -0.2) is 10.8 Å². The number of H-pyrrole nitrogens is 1. The van der Waals surface area contributed by atoms with Crippen molar-refractivity contribution in [1.82, 2.24) is 4.98 Å². The lowest BCUT2D eigenvalue weighted by Crippen LogP contribution is -2.15. The Morgan fingerprint density at radius 3 is 2.81 bits per heavy atom. The van der Waals surface area contributed by atoms with Crippen molar-refractivity contribution in [1.29, 1.82) is 0 Å². The molecule has 2 aromatic rings. The minimum absolute atomic E-state index is 0.211. The third kappa shape index (κ3) is 2.29. The van der Waals surface area contributed by atoms with E-state index in [2.05, 4.69) is 4.98 Å². The Hall–Kier alpha value is -0.990. The van der Waals surface area contributed by atoms with Crippen molar-refractivity contribution >= 4 is 39.9 Å². The van der Waals surface area contributed by atoms with Crippen LogP contribution < -0.4 is 0 Å². The molecule has 0 radical (unpaired) electrons. The van der Waals surface area contributed by atoms with Crippen LogP contribution in [-0.2, 0) is 0 Å². The number of aromatic amines is 1. The number of ketones is 1. The third-order valence-corrected chi connectivity index (χ3v) is 5.85. The fourth-order valence-corrected chi connectivity index (χ4v) is 4.97. The molecule has 4 heteroatoms. The standard InChI is InChI=1S/C17H17Cl2NO/c18-12-6-14(19)17-13(8-20-15(17)7-12)16(21)5-11-4-9-1-2-10(11)3-9/h6-11,20H,1-5H2. The number of aromatic nitrogens is 1. The summed E-state index contributed by atoms with van der Waals surface area (Å²) in [6.07, 6.45) is 7.69. The summed E-state index contributed by atoms with van der Waals surface area (Å²) in [5.41, 5.74) is 1.55. The van der Waals surface area contributed by atoms with E-state index in [4.69, 9.17) is 23.2 Å². The molecule has 110 valence electrons. The van der Waals surface area contributed by atoms with E-state index in [1.54, 1.807) is 12.3 Å². The highest BCUT2D eigenvalue weighted by Gasteiger charge is 2.40.